The van der Waals surface area contributed by atoms with E-state index in [1.807, 2.05) is 53.1 Å². The van der Waals surface area contributed by atoms with Crippen LogP contribution in [0.1, 0.15) is 24.2 Å². The fourth-order valence-electron chi connectivity index (χ4n) is 3.17. The van der Waals surface area contributed by atoms with Crippen LogP contribution in [-0.2, 0) is 12.0 Å². The van der Waals surface area contributed by atoms with Crippen LogP contribution in [-0.4, -0.2) is 27.3 Å². The molecule has 6 nitrogen and oxygen atoms in total. The fourth-order valence-corrected chi connectivity index (χ4v) is 3.17. The van der Waals surface area contributed by atoms with E-state index in [0.29, 0.717) is 18.9 Å². The zero-order valence-corrected chi connectivity index (χ0v) is 14.4. The van der Waals surface area contributed by atoms with Gasteiger partial charge in [-0.1, -0.05) is 48.5 Å². The van der Waals surface area contributed by atoms with Gasteiger partial charge >= 0.3 is 6.03 Å². The molecule has 132 valence electrons. The summed E-state index contributed by atoms with van der Waals surface area (Å²) in [5.41, 5.74) is 2.36. The summed E-state index contributed by atoms with van der Waals surface area (Å²) in [6, 6.07) is 20.0. The molecule has 1 aromatic heterocycles. The van der Waals surface area contributed by atoms with Crippen molar-refractivity contribution in [3.05, 3.63) is 78.4 Å². The molecule has 2 aromatic carbocycles. The van der Waals surface area contributed by atoms with Crippen molar-refractivity contribution in [1.82, 2.24) is 25.4 Å². The summed E-state index contributed by atoms with van der Waals surface area (Å²) >= 11 is 0. The highest BCUT2D eigenvalue weighted by Gasteiger charge is 2.44. The van der Waals surface area contributed by atoms with Crippen molar-refractivity contribution in [2.75, 3.05) is 6.54 Å². The van der Waals surface area contributed by atoms with Crippen molar-refractivity contribution in [3.63, 3.8) is 0 Å². The average molecular weight is 347 g/mol. The minimum Gasteiger partial charge on any atom is -0.337 e. The van der Waals surface area contributed by atoms with Crippen molar-refractivity contribution in [2.24, 2.45) is 0 Å². The van der Waals surface area contributed by atoms with Crippen LogP contribution in [0.3, 0.4) is 0 Å². The van der Waals surface area contributed by atoms with Gasteiger partial charge in [-0.25, -0.2) is 4.79 Å². The van der Waals surface area contributed by atoms with Crippen molar-refractivity contribution < 1.29 is 4.79 Å². The van der Waals surface area contributed by atoms with E-state index in [1.54, 1.807) is 6.33 Å². The molecule has 1 heterocycles. The zero-order valence-electron chi connectivity index (χ0n) is 14.4. The van der Waals surface area contributed by atoms with E-state index in [9.17, 15) is 4.79 Å². The molecule has 3 aromatic rings. The molecule has 2 N–H and O–H groups in total. The fraction of sp³-hybridized carbons (Fsp3) is 0.250. The molecule has 0 radical (unpaired) electrons. The second kappa shape index (κ2) is 7.00. The lowest BCUT2D eigenvalue weighted by atomic mass is 9.96. The standard InChI is InChI=1S/C20H21N5O/c26-19(22-14-20(11-12-20)16-7-3-1-4-8-16)21-13-18-24-23-15-25(18)17-9-5-2-6-10-17/h1-10,15H,11-14H2,(H2,21,22,26). The molecule has 6 heteroatoms. The molecule has 1 aliphatic rings. The van der Waals surface area contributed by atoms with Gasteiger partial charge in [0.25, 0.3) is 0 Å². The first-order valence-electron chi connectivity index (χ1n) is 8.78. The SMILES string of the molecule is O=C(NCc1nncn1-c1ccccc1)NCC1(c2ccccc2)CC1. The molecule has 2 amide bonds. The number of amides is 2. The monoisotopic (exact) mass is 347 g/mol. The van der Waals surface area contributed by atoms with Gasteiger partial charge in [0.15, 0.2) is 5.82 Å². The van der Waals surface area contributed by atoms with Crippen LogP contribution in [0.15, 0.2) is 67.0 Å². The summed E-state index contributed by atoms with van der Waals surface area (Å²) in [6.07, 6.45) is 3.87. The topological polar surface area (TPSA) is 71.8 Å². The van der Waals surface area contributed by atoms with Gasteiger partial charge in [-0.3, -0.25) is 4.57 Å². The average Bonchev–Trinajstić information content (AvgIpc) is 3.35. The summed E-state index contributed by atoms with van der Waals surface area (Å²) in [5.74, 6) is 0.690. The van der Waals surface area contributed by atoms with Crippen LogP contribution in [0.25, 0.3) is 5.69 Å². The summed E-state index contributed by atoms with van der Waals surface area (Å²) in [7, 11) is 0. The molecule has 0 atom stereocenters. The first-order chi connectivity index (χ1) is 12.8. The first kappa shape index (κ1) is 16.3. The molecule has 0 spiro atoms. The minimum absolute atomic E-state index is 0.0999. The Kier molecular flexibility index (Phi) is 4.39. The largest absolute Gasteiger partial charge is 0.337 e. The number of carbonyl (C=O) groups excluding carboxylic acids is 1. The number of para-hydroxylation sites is 1. The lowest BCUT2D eigenvalue weighted by Crippen LogP contribution is -2.39. The summed E-state index contributed by atoms with van der Waals surface area (Å²) < 4.78 is 1.87. The highest BCUT2D eigenvalue weighted by atomic mass is 16.2. The Morgan fingerprint density at radius 1 is 1.00 bits per heavy atom. The Morgan fingerprint density at radius 2 is 1.69 bits per heavy atom. The molecule has 1 saturated carbocycles. The van der Waals surface area contributed by atoms with Gasteiger partial charge in [0.1, 0.15) is 6.33 Å². The quantitative estimate of drug-likeness (QED) is 0.720. The maximum absolute atomic E-state index is 12.2. The van der Waals surface area contributed by atoms with E-state index < -0.39 is 0 Å². The van der Waals surface area contributed by atoms with Crippen LogP contribution in [0.2, 0.25) is 0 Å². The summed E-state index contributed by atoms with van der Waals surface area (Å²) in [4.78, 5) is 12.2. The molecule has 1 fully saturated rings. The van der Waals surface area contributed by atoms with Crippen molar-refractivity contribution >= 4 is 6.03 Å². The van der Waals surface area contributed by atoms with E-state index in [4.69, 9.17) is 0 Å². The van der Waals surface area contributed by atoms with Gasteiger partial charge in [-0.15, -0.1) is 10.2 Å². The molecular formula is C20H21N5O. The van der Waals surface area contributed by atoms with Gasteiger partial charge in [0.05, 0.1) is 6.54 Å². The highest BCUT2D eigenvalue weighted by molar-refractivity contribution is 5.74. The minimum atomic E-state index is -0.185. The molecule has 4 rings (SSSR count). The maximum atomic E-state index is 12.2. The Morgan fingerprint density at radius 3 is 2.38 bits per heavy atom. The maximum Gasteiger partial charge on any atom is 0.315 e. The predicted octanol–water partition coefficient (Wildman–Crippen LogP) is 2.80. The van der Waals surface area contributed by atoms with Crippen molar-refractivity contribution in [2.45, 2.75) is 24.8 Å². The Labute approximate surface area is 152 Å². The molecule has 0 bridgehead atoms. The normalized spacial score (nSPS) is 14.6. The molecule has 0 aliphatic heterocycles. The number of rotatable bonds is 6. The Hall–Kier alpha value is -3.15. The number of nitrogens with one attached hydrogen (secondary N) is 2. The van der Waals surface area contributed by atoms with Crippen molar-refractivity contribution in [3.8, 4) is 5.69 Å². The second-order valence-electron chi connectivity index (χ2n) is 6.64. The number of hydrogen-bond acceptors (Lipinski definition) is 3. The van der Waals surface area contributed by atoms with Gasteiger partial charge < -0.3 is 10.6 Å². The van der Waals surface area contributed by atoms with E-state index >= 15 is 0 Å². The van der Waals surface area contributed by atoms with Crippen LogP contribution in [0.5, 0.6) is 0 Å². The molecule has 26 heavy (non-hydrogen) atoms. The summed E-state index contributed by atoms with van der Waals surface area (Å²) in [5, 5.41) is 13.9. The second-order valence-corrected chi connectivity index (χ2v) is 6.64. The third-order valence-corrected chi connectivity index (χ3v) is 4.89. The molecule has 0 saturated heterocycles. The Balaban J connectivity index is 1.32. The lowest BCUT2D eigenvalue weighted by molar-refractivity contribution is 0.239. The highest BCUT2D eigenvalue weighted by Crippen LogP contribution is 2.47. The molecule has 1 aliphatic carbocycles. The number of aromatic nitrogens is 3. The number of urea groups is 1. The summed E-state index contributed by atoms with van der Waals surface area (Å²) in [6.45, 7) is 0.966. The van der Waals surface area contributed by atoms with Gasteiger partial charge in [-0.2, -0.15) is 0 Å². The predicted molar refractivity (Wildman–Crippen MR) is 99.0 cm³/mol. The number of benzene rings is 2. The third kappa shape index (κ3) is 3.44. The molecule has 0 unspecified atom stereocenters. The first-order valence-corrected chi connectivity index (χ1v) is 8.78. The molecular weight excluding hydrogens is 326 g/mol. The zero-order chi connectivity index (χ0) is 17.8. The van der Waals surface area contributed by atoms with Gasteiger partial charge in [0.2, 0.25) is 0 Å². The van der Waals surface area contributed by atoms with Crippen LogP contribution in [0.4, 0.5) is 4.79 Å². The van der Waals surface area contributed by atoms with Gasteiger partial charge in [-0.05, 0) is 30.5 Å². The number of carbonyl (C=O) groups is 1. The number of hydrogen-bond donors (Lipinski definition) is 2. The van der Waals surface area contributed by atoms with E-state index in [0.717, 1.165) is 18.5 Å². The van der Waals surface area contributed by atoms with Crippen LogP contribution < -0.4 is 10.6 Å². The third-order valence-electron chi connectivity index (χ3n) is 4.89. The van der Waals surface area contributed by atoms with E-state index in [2.05, 4.69) is 33.0 Å². The van der Waals surface area contributed by atoms with Crippen LogP contribution >= 0.6 is 0 Å². The van der Waals surface area contributed by atoms with Crippen LogP contribution in [0, 0.1) is 0 Å². The van der Waals surface area contributed by atoms with E-state index in [-0.39, 0.29) is 11.4 Å². The lowest BCUT2D eigenvalue weighted by Gasteiger charge is -2.17. The number of nitrogens with zero attached hydrogens (tertiary/aromatic N) is 3. The Bertz CT molecular complexity index is 871. The smallest absolute Gasteiger partial charge is 0.315 e. The van der Waals surface area contributed by atoms with Crippen molar-refractivity contribution in [1.29, 1.82) is 0 Å². The van der Waals surface area contributed by atoms with Gasteiger partial charge in [0, 0.05) is 17.6 Å². The van der Waals surface area contributed by atoms with E-state index in [1.165, 1.54) is 5.56 Å².